The van der Waals surface area contributed by atoms with Crippen molar-refractivity contribution in [1.29, 1.82) is 0 Å². The first-order valence-electron chi connectivity index (χ1n) is 9.09. The zero-order chi connectivity index (χ0) is 18.5. The third-order valence-electron chi connectivity index (χ3n) is 4.87. The molecule has 26 heavy (non-hydrogen) atoms. The van der Waals surface area contributed by atoms with Crippen molar-refractivity contribution in [2.75, 3.05) is 18.4 Å². The van der Waals surface area contributed by atoms with Gasteiger partial charge in [-0.2, -0.15) is 0 Å². The number of anilines is 1. The third kappa shape index (κ3) is 4.77. The third-order valence-corrected chi connectivity index (χ3v) is 4.87. The number of hydrogen-bond donors (Lipinski definition) is 1. The number of likely N-dealkylation sites (tertiary alicyclic amines) is 1. The van der Waals surface area contributed by atoms with E-state index in [-0.39, 0.29) is 11.7 Å². The van der Waals surface area contributed by atoms with Gasteiger partial charge in [0, 0.05) is 37.3 Å². The van der Waals surface area contributed by atoms with Gasteiger partial charge in [0.1, 0.15) is 18.0 Å². The monoisotopic (exact) mass is 356 g/mol. The second kappa shape index (κ2) is 8.25. The van der Waals surface area contributed by atoms with Gasteiger partial charge in [-0.25, -0.2) is 14.4 Å². The summed E-state index contributed by atoms with van der Waals surface area (Å²) in [5.74, 6) is 0.771. The average molecular weight is 356 g/mol. The van der Waals surface area contributed by atoms with Gasteiger partial charge in [0.25, 0.3) is 0 Å². The first kappa shape index (κ1) is 18.3. The molecular formula is C20H25FN4O. The molecule has 1 saturated heterocycles. The summed E-state index contributed by atoms with van der Waals surface area (Å²) >= 11 is 0. The normalized spacial score (nSPS) is 15.1. The Morgan fingerprint density at radius 1 is 1.23 bits per heavy atom. The van der Waals surface area contributed by atoms with E-state index in [0.717, 1.165) is 43.0 Å². The van der Waals surface area contributed by atoms with Crippen LogP contribution in [0.25, 0.3) is 0 Å². The predicted octanol–water partition coefficient (Wildman–Crippen LogP) is 3.27. The van der Waals surface area contributed by atoms with Crippen LogP contribution in [-0.2, 0) is 11.2 Å². The number of halogens is 1. The Balaban J connectivity index is 1.45. The number of hydrogen-bond acceptors (Lipinski definition) is 4. The minimum absolute atomic E-state index is 0.141. The number of amides is 1. The Hall–Kier alpha value is -2.50. The molecular weight excluding hydrogens is 331 g/mol. The number of rotatable bonds is 5. The summed E-state index contributed by atoms with van der Waals surface area (Å²) in [6.45, 7) is 5.16. The molecule has 1 aliphatic rings. The topological polar surface area (TPSA) is 58.1 Å². The zero-order valence-corrected chi connectivity index (χ0v) is 15.3. The average Bonchev–Trinajstić information content (AvgIpc) is 2.63. The maximum absolute atomic E-state index is 13.6. The van der Waals surface area contributed by atoms with Crippen molar-refractivity contribution < 1.29 is 9.18 Å². The molecule has 0 aliphatic carbocycles. The number of benzene rings is 1. The lowest BCUT2D eigenvalue weighted by molar-refractivity contribution is -0.132. The molecule has 1 N–H and O–H groups in total. The number of carbonyl (C=O) groups is 1. The second-order valence-electron chi connectivity index (χ2n) is 6.93. The molecule has 3 rings (SSSR count). The molecule has 1 aromatic heterocycles. The van der Waals surface area contributed by atoms with Gasteiger partial charge in [-0.1, -0.05) is 12.1 Å². The molecule has 1 aliphatic heterocycles. The van der Waals surface area contributed by atoms with Gasteiger partial charge in [0.15, 0.2) is 0 Å². The molecule has 2 aromatic rings. The number of piperidine rings is 1. The molecule has 0 unspecified atom stereocenters. The molecule has 2 heterocycles. The van der Waals surface area contributed by atoms with Crippen LogP contribution in [0.4, 0.5) is 10.2 Å². The zero-order valence-electron chi connectivity index (χ0n) is 15.3. The number of aryl methyl sites for hydroxylation is 3. The summed E-state index contributed by atoms with van der Waals surface area (Å²) in [5, 5.41) is 3.42. The maximum atomic E-state index is 13.6. The van der Waals surface area contributed by atoms with Crippen molar-refractivity contribution in [3.63, 3.8) is 0 Å². The highest BCUT2D eigenvalue weighted by Gasteiger charge is 2.22. The van der Waals surface area contributed by atoms with Crippen LogP contribution in [0.2, 0.25) is 0 Å². The number of nitrogens with zero attached hydrogens (tertiary/aromatic N) is 3. The second-order valence-corrected chi connectivity index (χ2v) is 6.93. The molecule has 138 valence electrons. The van der Waals surface area contributed by atoms with E-state index in [0.29, 0.717) is 24.4 Å². The number of aromatic nitrogens is 2. The van der Waals surface area contributed by atoms with Crippen molar-refractivity contribution in [2.45, 2.75) is 45.6 Å². The van der Waals surface area contributed by atoms with Gasteiger partial charge < -0.3 is 10.2 Å². The Morgan fingerprint density at radius 3 is 2.69 bits per heavy atom. The molecule has 0 spiro atoms. The van der Waals surface area contributed by atoms with E-state index in [1.54, 1.807) is 19.3 Å². The SMILES string of the molecule is Cc1cc(NC2CCN(C(=O)CCc3ccc(C)c(F)c3)CC2)ncn1. The summed E-state index contributed by atoms with van der Waals surface area (Å²) in [6, 6.07) is 7.44. The van der Waals surface area contributed by atoms with Crippen LogP contribution in [0.15, 0.2) is 30.6 Å². The van der Waals surface area contributed by atoms with E-state index >= 15 is 0 Å². The first-order valence-corrected chi connectivity index (χ1v) is 9.09. The Bertz CT molecular complexity index is 772. The van der Waals surface area contributed by atoms with E-state index < -0.39 is 0 Å². The summed E-state index contributed by atoms with van der Waals surface area (Å²) in [5.41, 5.74) is 2.44. The van der Waals surface area contributed by atoms with E-state index in [2.05, 4.69) is 15.3 Å². The lowest BCUT2D eigenvalue weighted by Gasteiger charge is -2.32. The van der Waals surface area contributed by atoms with E-state index in [1.807, 2.05) is 24.0 Å². The van der Waals surface area contributed by atoms with E-state index in [4.69, 9.17) is 0 Å². The van der Waals surface area contributed by atoms with Crippen LogP contribution in [-0.4, -0.2) is 39.9 Å². The highest BCUT2D eigenvalue weighted by molar-refractivity contribution is 5.76. The van der Waals surface area contributed by atoms with Crippen LogP contribution in [0, 0.1) is 19.7 Å². The van der Waals surface area contributed by atoms with Crippen molar-refractivity contribution >= 4 is 11.7 Å². The van der Waals surface area contributed by atoms with Gasteiger partial charge in [0.2, 0.25) is 5.91 Å². The summed E-state index contributed by atoms with van der Waals surface area (Å²) < 4.78 is 13.6. The van der Waals surface area contributed by atoms with Crippen LogP contribution in [0.5, 0.6) is 0 Å². The largest absolute Gasteiger partial charge is 0.367 e. The van der Waals surface area contributed by atoms with Gasteiger partial charge in [-0.3, -0.25) is 4.79 Å². The summed E-state index contributed by atoms with van der Waals surface area (Å²) in [7, 11) is 0. The number of nitrogens with one attached hydrogen (secondary N) is 1. The Morgan fingerprint density at radius 2 is 2.00 bits per heavy atom. The highest BCUT2D eigenvalue weighted by atomic mass is 19.1. The molecule has 6 heteroatoms. The fourth-order valence-electron chi connectivity index (χ4n) is 3.22. The lowest BCUT2D eigenvalue weighted by Crippen LogP contribution is -2.42. The summed E-state index contributed by atoms with van der Waals surface area (Å²) in [4.78, 5) is 22.7. The standard InChI is InChI=1S/C20H25FN4O/c1-14-3-4-16(12-18(14)21)5-6-20(26)25-9-7-17(8-10-25)24-19-11-15(2)22-13-23-19/h3-4,11-13,17H,5-10H2,1-2H3,(H,22,23,24). The molecule has 1 aromatic carbocycles. The minimum atomic E-state index is -0.207. The number of carbonyl (C=O) groups excluding carboxylic acids is 1. The predicted molar refractivity (Wildman–Crippen MR) is 99.5 cm³/mol. The smallest absolute Gasteiger partial charge is 0.222 e. The fourth-order valence-corrected chi connectivity index (χ4v) is 3.22. The Kier molecular flexibility index (Phi) is 5.81. The van der Waals surface area contributed by atoms with Gasteiger partial charge in [-0.15, -0.1) is 0 Å². The van der Waals surface area contributed by atoms with Crippen molar-refractivity contribution in [1.82, 2.24) is 14.9 Å². The van der Waals surface area contributed by atoms with Gasteiger partial charge in [0.05, 0.1) is 0 Å². The molecule has 0 bridgehead atoms. The first-order chi connectivity index (χ1) is 12.5. The molecule has 1 amide bonds. The lowest BCUT2D eigenvalue weighted by atomic mass is 10.0. The van der Waals surface area contributed by atoms with Gasteiger partial charge >= 0.3 is 0 Å². The van der Waals surface area contributed by atoms with Crippen LogP contribution in [0.1, 0.15) is 36.1 Å². The van der Waals surface area contributed by atoms with Crippen LogP contribution in [0.3, 0.4) is 0 Å². The van der Waals surface area contributed by atoms with Crippen molar-refractivity contribution in [2.24, 2.45) is 0 Å². The maximum Gasteiger partial charge on any atom is 0.222 e. The van der Waals surface area contributed by atoms with Crippen molar-refractivity contribution in [3.8, 4) is 0 Å². The quantitative estimate of drug-likeness (QED) is 0.893. The molecule has 0 atom stereocenters. The van der Waals surface area contributed by atoms with Crippen LogP contribution < -0.4 is 5.32 Å². The summed E-state index contributed by atoms with van der Waals surface area (Å²) in [6.07, 6.45) is 4.35. The Labute approximate surface area is 153 Å². The van der Waals surface area contributed by atoms with Crippen molar-refractivity contribution in [3.05, 3.63) is 53.2 Å². The van der Waals surface area contributed by atoms with Gasteiger partial charge in [-0.05, 0) is 50.3 Å². The van der Waals surface area contributed by atoms with E-state index in [9.17, 15) is 9.18 Å². The molecule has 5 nitrogen and oxygen atoms in total. The van der Waals surface area contributed by atoms with Crippen LogP contribution >= 0.6 is 0 Å². The molecule has 0 saturated carbocycles. The van der Waals surface area contributed by atoms with E-state index in [1.165, 1.54) is 6.07 Å². The highest BCUT2D eigenvalue weighted by Crippen LogP contribution is 2.17. The minimum Gasteiger partial charge on any atom is -0.367 e. The fraction of sp³-hybridized carbons (Fsp3) is 0.450. The molecule has 0 radical (unpaired) electrons. The molecule has 1 fully saturated rings.